The zero-order valence-electron chi connectivity index (χ0n) is 20.2. The van der Waals surface area contributed by atoms with Crippen LogP contribution in [0, 0.1) is 6.92 Å². The SMILES string of the molecule is Cc1cccc2c1NCCN(C(=O)c1cn(-c3ccc4c(c3)CN(C3CCC(=O)NC3=O)C4=O)nn1)C2. The number of rotatable bonds is 3. The number of hydrogen-bond donors (Lipinski definition) is 2. The van der Waals surface area contributed by atoms with Gasteiger partial charge < -0.3 is 15.1 Å². The molecule has 4 heterocycles. The zero-order valence-corrected chi connectivity index (χ0v) is 20.2. The molecule has 0 spiro atoms. The number of aryl methyl sites for hydroxylation is 1. The van der Waals surface area contributed by atoms with Gasteiger partial charge in [0.1, 0.15) is 6.04 Å². The maximum atomic E-state index is 13.3. The molecule has 4 amide bonds. The molecule has 3 aliphatic heterocycles. The molecule has 1 unspecified atom stereocenters. The highest BCUT2D eigenvalue weighted by Crippen LogP contribution is 2.29. The van der Waals surface area contributed by atoms with Crippen molar-refractivity contribution in [2.45, 2.75) is 38.9 Å². The number of benzene rings is 2. The van der Waals surface area contributed by atoms with Crippen molar-refractivity contribution in [1.29, 1.82) is 0 Å². The predicted molar refractivity (Wildman–Crippen MR) is 132 cm³/mol. The fourth-order valence-corrected chi connectivity index (χ4v) is 5.24. The van der Waals surface area contributed by atoms with Crippen molar-refractivity contribution in [3.8, 4) is 5.69 Å². The number of aromatic nitrogens is 3. The molecule has 1 aromatic heterocycles. The number of carbonyl (C=O) groups is 4. The Morgan fingerprint density at radius 1 is 1.08 bits per heavy atom. The number of hydrogen-bond acceptors (Lipinski definition) is 7. The summed E-state index contributed by atoms with van der Waals surface area (Å²) in [5.41, 5.74) is 5.42. The van der Waals surface area contributed by atoms with E-state index < -0.39 is 11.9 Å². The molecule has 0 bridgehead atoms. The molecule has 2 aromatic carbocycles. The van der Waals surface area contributed by atoms with Gasteiger partial charge in [0, 0.05) is 43.9 Å². The number of imide groups is 1. The maximum absolute atomic E-state index is 13.3. The van der Waals surface area contributed by atoms with Crippen LogP contribution in [0.5, 0.6) is 0 Å². The molecule has 1 atom stereocenters. The Morgan fingerprint density at radius 2 is 1.95 bits per heavy atom. The van der Waals surface area contributed by atoms with Gasteiger partial charge in [-0.1, -0.05) is 23.4 Å². The Kier molecular flexibility index (Phi) is 5.47. The summed E-state index contributed by atoms with van der Waals surface area (Å²) in [5.74, 6) is -1.21. The molecule has 1 saturated heterocycles. The van der Waals surface area contributed by atoms with Gasteiger partial charge in [0.25, 0.3) is 11.8 Å². The summed E-state index contributed by atoms with van der Waals surface area (Å²) in [4.78, 5) is 53.2. The van der Waals surface area contributed by atoms with Crippen LogP contribution in [-0.4, -0.2) is 67.6 Å². The van der Waals surface area contributed by atoms with Crippen molar-refractivity contribution in [2.75, 3.05) is 18.4 Å². The number of anilines is 1. The van der Waals surface area contributed by atoms with Crippen molar-refractivity contribution in [1.82, 2.24) is 30.1 Å². The summed E-state index contributed by atoms with van der Waals surface area (Å²) in [6, 6.07) is 10.6. The van der Waals surface area contributed by atoms with Crippen molar-refractivity contribution in [2.24, 2.45) is 0 Å². The minimum atomic E-state index is -0.673. The van der Waals surface area contributed by atoms with E-state index in [1.165, 1.54) is 9.58 Å². The van der Waals surface area contributed by atoms with E-state index in [0.29, 0.717) is 37.3 Å². The molecule has 0 saturated carbocycles. The molecule has 0 radical (unpaired) electrons. The third-order valence-electron chi connectivity index (χ3n) is 7.18. The molecule has 1 fully saturated rings. The fourth-order valence-electron chi connectivity index (χ4n) is 5.24. The summed E-state index contributed by atoms with van der Waals surface area (Å²) in [5, 5.41) is 14.0. The highest BCUT2D eigenvalue weighted by Gasteiger charge is 2.39. The van der Waals surface area contributed by atoms with E-state index in [-0.39, 0.29) is 36.4 Å². The number of para-hydroxylation sites is 1. The largest absolute Gasteiger partial charge is 0.383 e. The van der Waals surface area contributed by atoms with E-state index in [4.69, 9.17) is 0 Å². The van der Waals surface area contributed by atoms with Gasteiger partial charge in [-0.2, -0.15) is 0 Å². The van der Waals surface area contributed by atoms with E-state index in [1.807, 2.05) is 31.2 Å². The van der Waals surface area contributed by atoms with Crippen molar-refractivity contribution < 1.29 is 19.2 Å². The van der Waals surface area contributed by atoms with E-state index in [0.717, 1.165) is 22.4 Å². The predicted octanol–water partition coefficient (Wildman–Crippen LogP) is 1.40. The molecule has 3 aliphatic rings. The maximum Gasteiger partial charge on any atom is 0.276 e. The Labute approximate surface area is 212 Å². The lowest BCUT2D eigenvalue weighted by Gasteiger charge is -2.29. The first kappa shape index (κ1) is 22.9. The number of piperidine rings is 1. The van der Waals surface area contributed by atoms with E-state index in [2.05, 4.69) is 20.9 Å². The van der Waals surface area contributed by atoms with Crippen LogP contribution in [0.15, 0.2) is 42.6 Å². The van der Waals surface area contributed by atoms with Gasteiger partial charge in [-0.05, 0) is 48.2 Å². The zero-order chi connectivity index (χ0) is 25.7. The van der Waals surface area contributed by atoms with Crippen LogP contribution >= 0.6 is 0 Å². The molecular formula is C26H25N7O4. The van der Waals surface area contributed by atoms with E-state index in [1.54, 1.807) is 23.2 Å². The van der Waals surface area contributed by atoms with Crippen LogP contribution in [-0.2, 0) is 22.7 Å². The molecule has 0 aliphatic carbocycles. The van der Waals surface area contributed by atoms with Gasteiger partial charge in [-0.3, -0.25) is 24.5 Å². The second-order valence-corrected chi connectivity index (χ2v) is 9.55. The average molecular weight is 500 g/mol. The number of carbonyl (C=O) groups excluding carboxylic acids is 4. The van der Waals surface area contributed by atoms with Gasteiger partial charge in [-0.15, -0.1) is 5.10 Å². The summed E-state index contributed by atoms with van der Waals surface area (Å²) < 4.78 is 1.51. The van der Waals surface area contributed by atoms with Crippen LogP contribution in [0.4, 0.5) is 5.69 Å². The normalized spacial score (nSPS) is 19.2. The quantitative estimate of drug-likeness (QED) is 0.521. The van der Waals surface area contributed by atoms with E-state index >= 15 is 0 Å². The van der Waals surface area contributed by atoms with Gasteiger partial charge in [0.15, 0.2) is 5.69 Å². The molecule has 11 nitrogen and oxygen atoms in total. The van der Waals surface area contributed by atoms with Crippen molar-refractivity contribution >= 4 is 29.3 Å². The first-order chi connectivity index (χ1) is 17.9. The minimum absolute atomic E-state index is 0.204. The Morgan fingerprint density at radius 3 is 2.78 bits per heavy atom. The molecule has 6 rings (SSSR count). The summed E-state index contributed by atoms with van der Waals surface area (Å²) in [6.07, 6.45) is 2.10. The van der Waals surface area contributed by atoms with Gasteiger partial charge in [0.2, 0.25) is 11.8 Å². The fraction of sp³-hybridized carbons (Fsp3) is 0.308. The second-order valence-electron chi connectivity index (χ2n) is 9.55. The van der Waals surface area contributed by atoms with Crippen molar-refractivity contribution in [3.05, 3.63) is 70.5 Å². The number of fused-ring (bicyclic) bond motifs is 2. The lowest BCUT2D eigenvalue weighted by molar-refractivity contribution is -0.136. The highest BCUT2D eigenvalue weighted by molar-refractivity contribution is 6.05. The third-order valence-corrected chi connectivity index (χ3v) is 7.18. The van der Waals surface area contributed by atoms with Gasteiger partial charge in [0.05, 0.1) is 11.9 Å². The molecule has 11 heteroatoms. The molecule has 3 aromatic rings. The summed E-state index contributed by atoms with van der Waals surface area (Å²) in [6.45, 7) is 3.96. The van der Waals surface area contributed by atoms with Crippen LogP contribution in [0.2, 0.25) is 0 Å². The van der Waals surface area contributed by atoms with E-state index in [9.17, 15) is 19.2 Å². The Hall–Kier alpha value is -4.54. The first-order valence-electron chi connectivity index (χ1n) is 12.2. The Bertz CT molecular complexity index is 1460. The smallest absolute Gasteiger partial charge is 0.276 e. The first-order valence-corrected chi connectivity index (χ1v) is 12.2. The van der Waals surface area contributed by atoms with Crippen LogP contribution in [0.1, 0.15) is 50.4 Å². The second kappa shape index (κ2) is 8.84. The highest BCUT2D eigenvalue weighted by atomic mass is 16.2. The standard InChI is InChI=1S/C26H25N7O4/c1-15-3-2-4-16-12-31(10-9-27-23(15)16)26(37)20-14-33(30-29-20)18-5-6-19-17(11-18)13-32(25(19)36)21-7-8-22(34)28-24(21)35/h2-6,11,14,21,27H,7-10,12-13H2,1H3,(H,28,34,35). The topological polar surface area (TPSA) is 130 Å². The van der Waals surface area contributed by atoms with Crippen LogP contribution < -0.4 is 10.6 Å². The lowest BCUT2D eigenvalue weighted by atomic mass is 10.0. The molecular weight excluding hydrogens is 474 g/mol. The van der Waals surface area contributed by atoms with Crippen LogP contribution in [0.3, 0.4) is 0 Å². The Balaban J connectivity index is 1.20. The number of amides is 4. The lowest BCUT2D eigenvalue weighted by Crippen LogP contribution is -2.52. The summed E-state index contributed by atoms with van der Waals surface area (Å²) in [7, 11) is 0. The number of nitrogens with one attached hydrogen (secondary N) is 2. The molecule has 2 N–H and O–H groups in total. The van der Waals surface area contributed by atoms with Crippen LogP contribution in [0.25, 0.3) is 5.69 Å². The molecule has 188 valence electrons. The number of nitrogens with zero attached hydrogens (tertiary/aromatic N) is 5. The van der Waals surface area contributed by atoms with Gasteiger partial charge >= 0.3 is 0 Å². The molecule has 37 heavy (non-hydrogen) atoms. The summed E-state index contributed by atoms with van der Waals surface area (Å²) >= 11 is 0. The average Bonchev–Trinajstić information content (AvgIpc) is 3.42. The monoisotopic (exact) mass is 499 g/mol. The van der Waals surface area contributed by atoms with Gasteiger partial charge in [-0.25, -0.2) is 4.68 Å². The minimum Gasteiger partial charge on any atom is -0.383 e. The third kappa shape index (κ3) is 4.02. The van der Waals surface area contributed by atoms with Crippen molar-refractivity contribution in [3.63, 3.8) is 0 Å².